The fraction of sp³-hybridized carbons (Fsp3) is 0.333. The Morgan fingerprint density at radius 1 is 1.12 bits per heavy atom. The number of nitrogens with zero attached hydrogens (tertiary/aromatic N) is 1. The van der Waals surface area contributed by atoms with E-state index in [-0.39, 0.29) is 12.5 Å². The van der Waals surface area contributed by atoms with Gasteiger partial charge in [-0.1, -0.05) is 24.3 Å². The average Bonchev–Trinajstić information content (AvgIpc) is 2.83. The van der Waals surface area contributed by atoms with Gasteiger partial charge in [0.05, 0.1) is 25.9 Å². The molecule has 4 rings (SSSR count). The van der Waals surface area contributed by atoms with Gasteiger partial charge in [0.15, 0.2) is 17.9 Å². The first-order valence-electron chi connectivity index (χ1n) is 10.5. The van der Waals surface area contributed by atoms with Crippen LogP contribution in [0.1, 0.15) is 0 Å². The standard InChI is InChI=1S/C24H26N2O6/c1-29-21-4-2-3-18-15-20(24(28)32-23(18)21)17-5-7-19(8-6-17)31-16-22(27)25-9-10-26-11-13-30-14-12-26/h2-8,15H,9-14,16H2,1H3,(H,25,27). The molecule has 0 aliphatic carbocycles. The van der Waals surface area contributed by atoms with Crippen LogP contribution in [0.2, 0.25) is 0 Å². The largest absolute Gasteiger partial charge is 0.493 e. The zero-order valence-corrected chi connectivity index (χ0v) is 18.0. The van der Waals surface area contributed by atoms with Crippen LogP contribution < -0.4 is 20.4 Å². The number of carbonyl (C=O) groups is 1. The van der Waals surface area contributed by atoms with Gasteiger partial charge < -0.3 is 23.9 Å². The molecule has 1 saturated heterocycles. The van der Waals surface area contributed by atoms with E-state index in [2.05, 4.69) is 10.2 Å². The zero-order valence-electron chi connectivity index (χ0n) is 18.0. The first-order chi connectivity index (χ1) is 15.6. The number of rotatable bonds is 8. The van der Waals surface area contributed by atoms with Crippen LogP contribution in [0.5, 0.6) is 11.5 Å². The highest BCUT2D eigenvalue weighted by atomic mass is 16.5. The third-order valence-corrected chi connectivity index (χ3v) is 5.33. The number of hydrogen-bond acceptors (Lipinski definition) is 7. The minimum atomic E-state index is -0.449. The predicted molar refractivity (Wildman–Crippen MR) is 120 cm³/mol. The summed E-state index contributed by atoms with van der Waals surface area (Å²) in [7, 11) is 1.53. The molecule has 0 saturated carbocycles. The van der Waals surface area contributed by atoms with E-state index in [1.807, 2.05) is 12.1 Å². The Morgan fingerprint density at radius 3 is 2.66 bits per heavy atom. The molecule has 2 heterocycles. The molecule has 3 aromatic rings. The van der Waals surface area contributed by atoms with Gasteiger partial charge in [0.2, 0.25) is 0 Å². The molecular weight excluding hydrogens is 412 g/mol. The molecule has 0 bridgehead atoms. The van der Waals surface area contributed by atoms with Gasteiger partial charge in [0, 0.05) is 31.6 Å². The van der Waals surface area contributed by atoms with Crippen molar-refractivity contribution in [3.63, 3.8) is 0 Å². The van der Waals surface area contributed by atoms with Crippen LogP contribution in [-0.4, -0.2) is 63.9 Å². The number of nitrogens with one attached hydrogen (secondary N) is 1. The second kappa shape index (κ2) is 10.3. The number of hydrogen-bond donors (Lipinski definition) is 1. The van der Waals surface area contributed by atoms with Crippen LogP contribution in [0, 0.1) is 0 Å². The van der Waals surface area contributed by atoms with E-state index in [1.54, 1.807) is 36.4 Å². The molecule has 1 aliphatic rings. The summed E-state index contributed by atoms with van der Waals surface area (Å²) in [5.41, 5.74) is 1.11. The molecule has 32 heavy (non-hydrogen) atoms. The second-order valence-corrected chi connectivity index (χ2v) is 7.44. The molecule has 1 N–H and O–H groups in total. The van der Waals surface area contributed by atoms with Crippen LogP contribution in [-0.2, 0) is 9.53 Å². The minimum Gasteiger partial charge on any atom is -0.493 e. The van der Waals surface area contributed by atoms with E-state index < -0.39 is 5.63 Å². The number of morpholine rings is 1. The van der Waals surface area contributed by atoms with Gasteiger partial charge >= 0.3 is 5.63 Å². The van der Waals surface area contributed by atoms with Gasteiger partial charge in [-0.15, -0.1) is 0 Å². The molecule has 2 aromatic carbocycles. The molecule has 1 amide bonds. The molecule has 8 heteroatoms. The Labute approximate surface area is 185 Å². The first kappa shape index (κ1) is 21.9. The third-order valence-electron chi connectivity index (χ3n) is 5.33. The summed E-state index contributed by atoms with van der Waals surface area (Å²) >= 11 is 0. The Hall–Kier alpha value is -3.36. The van der Waals surface area contributed by atoms with Crippen molar-refractivity contribution >= 4 is 16.9 Å². The van der Waals surface area contributed by atoms with Gasteiger partial charge in [0.25, 0.3) is 5.91 Å². The highest BCUT2D eigenvalue weighted by molar-refractivity contribution is 5.86. The van der Waals surface area contributed by atoms with Gasteiger partial charge in [-0.05, 0) is 29.8 Å². The van der Waals surface area contributed by atoms with Crippen LogP contribution in [0.25, 0.3) is 22.1 Å². The summed E-state index contributed by atoms with van der Waals surface area (Å²) in [4.78, 5) is 26.8. The number of para-hydroxylation sites is 1. The maximum absolute atomic E-state index is 12.5. The van der Waals surface area contributed by atoms with E-state index in [9.17, 15) is 9.59 Å². The Morgan fingerprint density at radius 2 is 1.91 bits per heavy atom. The molecular formula is C24H26N2O6. The fourth-order valence-electron chi connectivity index (χ4n) is 3.59. The Kier molecular flexibility index (Phi) is 7.03. The number of fused-ring (bicyclic) bond motifs is 1. The molecule has 0 unspecified atom stereocenters. The molecule has 0 spiro atoms. The second-order valence-electron chi connectivity index (χ2n) is 7.44. The molecule has 0 radical (unpaired) electrons. The van der Waals surface area contributed by atoms with Crippen molar-refractivity contribution in [3.8, 4) is 22.6 Å². The number of benzene rings is 2. The normalized spacial score (nSPS) is 14.3. The smallest absolute Gasteiger partial charge is 0.344 e. The van der Waals surface area contributed by atoms with E-state index in [0.717, 1.165) is 38.2 Å². The van der Waals surface area contributed by atoms with E-state index >= 15 is 0 Å². The Bertz CT molecular complexity index is 1120. The van der Waals surface area contributed by atoms with Crippen LogP contribution in [0.4, 0.5) is 0 Å². The van der Waals surface area contributed by atoms with Gasteiger partial charge in [-0.2, -0.15) is 0 Å². The quantitative estimate of drug-likeness (QED) is 0.540. The number of carbonyl (C=O) groups excluding carboxylic acids is 1. The number of ether oxygens (including phenoxy) is 3. The van der Waals surface area contributed by atoms with Crippen molar-refractivity contribution in [2.75, 3.05) is 53.1 Å². The maximum Gasteiger partial charge on any atom is 0.344 e. The maximum atomic E-state index is 12.5. The van der Waals surface area contributed by atoms with E-state index in [1.165, 1.54) is 7.11 Å². The summed E-state index contributed by atoms with van der Waals surface area (Å²) in [5, 5.41) is 3.63. The lowest BCUT2D eigenvalue weighted by molar-refractivity contribution is -0.123. The van der Waals surface area contributed by atoms with Crippen molar-refractivity contribution in [3.05, 3.63) is 59.0 Å². The minimum absolute atomic E-state index is 0.0691. The van der Waals surface area contributed by atoms with Crippen molar-refractivity contribution in [1.82, 2.24) is 10.2 Å². The molecule has 1 fully saturated rings. The molecule has 8 nitrogen and oxygen atoms in total. The average molecular weight is 438 g/mol. The topological polar surface area (TPSA) is 90.2 Å². The highest BCUT2D eigenvalue weighted by Crippen LogP contribution is 2.28. The third kappa shape index (κ3) is 5.27. The van der Waals surface area contributed by atoms with Crippen LogP contribution >= 0.6 is 0 Å². The lowest BCUT2D eigenvalue weighted by Crippen LogP contribution is -2.42. The SMILES string of the molecule is COc1cccc2cc(-c3ccc(OCC(=O)NCCN4CCOCC4)cc3)c(=O)oc12. The summed E-state index contributed by atoms with van der Waals surface area (Å²) < 4.78 is 21.6. The van der Waals surface area contributed by atoms with Crippen molar-refractivity contribution in [2.24, 2.45) is 0 Å². The fourth-order valence-corrected chi connectivity index (χ4v) is 3.59. The number of methoxy groups -OCH3 is 1. The van der Waals surface area contributed by atoms with Gasteiger partial charge in [-0.3, -0.25) is 9.69 Å². The molecule has 0 atom stereocenters. The van der Waals surface area contributed by atoms with E-state index in [4.69, 9.17) is 18.6 Å². The van der Waals surface area contributed by atoms with Gasteiger partial charge in [-0.25, -0.2) is 4.79 Å². The lowest BCUT2D eigenvalue weighted by Gasteiger charge is -2.26. The van der Waals surface area contributed by atoms with Crippen molar-refractivity contribution < 1.29 is 23.4 Å². The monoisotopic (exact) mass is 438 g/mol. The van der Waals surface area contributed by atoms with Gasteiger partial charge in [0.1, 0.15) is 5.75 Å². The molecule has 1 aliphatic heterocycles. The van der Waals surface area contributed by atoms with Crippen molar-refractivity contribution in [1.29, 1.82) is 0 Å². The summed E-state index contributed by atoms with van der Waals surface area (Å²) in [6, 6.07) is 14.2. The van der Waals surface area contributed by atoms with Crippen molar-refractivity contribution in [2.45, 2.75) is 0 Å². The van der Waals surface area contributed by atoms with Crippen LogP contribution in [0.3, 0.4) is 0 Å². The molecule has 168 valence electrons. The van der Waals surface area contributed by atoms with Crippen LogP contribution in [0.15, 0.2) is 57.7 Å². The summed E-state index contributed by atoms with van der Waals surface area (Å²) in [6.07, 6.45) is 0. The van der Waals surface area contributed by atoms with E-state index in [0.29, 0.717) is 34.8 Å². The molecule has 1 aromatic heterocycles. The Balaban J connectivity index is 1.33. The summed E-state index contributed by atoms with van der Waals surface area (Å²) in [5.74, 6) is 0.883. The number of amides is 1. The highest BCUT2D eigenvalue weighted by Gasteiger charge is 2.12. The predicted octanol–water partition coefficient (Wildman–Crippen LogP) is 2.30. The summed E-state index contributed by atoms with van der Waals surface area (Å²) in [6.45, 7) is 4.56. The lowest BCUT2D eigenvalue weighted by atomic mass is 10.1. The first-order valence-corrected chi connectivity index (χ1v) is 10.5. The zero-order chi connectivity index (χ0) is 22.3.